The van der Waals surface area contributed by atoms with Crippen LogP contribution < -0.4 is 10.0 Å². The zero-order valence-corrected chi connectivity index (χ0v) is 12.7. The molecule has 0 fully saturated rings. The SMILES string of the molecule is CNc1ccncc1S(=O)(=O)Nc1cc(Cl)ccc1Cl. The third-order valence-electron chi connectivity index (χ3n) is 2.52. The molecule has 1 aromatic heterocycles. The van der Waals surface area contributed by atoms with Crippen molar-refractivity contribution in [2.45, 2.75) is 4.90 Å². The van der Waals surface area contributed by atoms with Crippen LogP contribution in [0.1, 0.15) is 0 Å². The van der Waals surface area contributed by atoms with Crippen LogP contribution in [0.4, 0.5) is 11.4 Å². The van der Waals surface area contributed by atoms with E-state index in [1.165, 1.54) is 24.5 Å². The number of pyridine rings is 1. The maximum atomic E-state index is 12.4. The van der Waals surface area contributed by atoms with Gasteiger partial charge >= 0.3 is 0 Å². The zero-order chi connectivity index (χ0) is 14.8. The lowest BCUT2D eigenvalue weighted by atomic mass is 10.3. The van der Waals surface area contributed by atoms with Crippen LogP contribution in [0.2, 0.25) is 10.0 Å². The summed E-state index contributed by atoms with van der Waals surface area (Å²) < 4.78 is 27.1. The molecule has 0 bridgehead atoms. The summed E-state index contributed by atoms with van der Waals surface area (Å²) in [5, 5.41) is 3.43. The van der Waals surface area contributed by atoms with Gasteiger partial charge in [-0.1, -0.05) is 23.2 Å². The van der Waals surface area contributed by atoms with E-state index in [0.29, 0.717) is 10.7 Å². The van der Waals surface area contributed by atoms with Crippen LogP contribution in [-0.2, 0) is 10.0 Å². The van der Waals surface area contributed by atoms with E-state index in [9.17, 15) is 8.42 Å². The average Bonchev–Trinajstić information content (AvgIpc) is 2.42. The average molecular weight is 332 g/mol. The Morgan fingerprint density at radius 2 is 1.90 bits per heavy atom. The second-order valence-electron chi connectivity index (χ2n) is 3.85. The minimum absolute atomic E-state index is 0.0264. The number of aromatic nitrogens is 1. The fourth-order valence-corrected chi connectivity index (χ4v) is 3.20. The zero-order valence-electron chi connectivity index (χ0n) is 10.4. The van der Waals surface area contributed by atoms with Crippen LogP contribution >= 0.6 is 23.2 Å². The summed E-state index contributed by atoms with van der Waals surface area (Å²) >= 11 is 11.8. The highest BCUT2D eigenvalue weighted by molar-refractivity contribution is 7.92. The van der Waals surface area contributed by atoms with Gasteiger partial charge in [0.1, 0.15) is 4.90 Å². The third-order valence-corrected chi connectivity index (χ3v) is 4.47. The highest BCUT2D eigenvalue weighted by Crippen LogP contribution is 2.29. The first-order valence-electron chi connectivity index (χ1n) is 5.53. The van der Waals surface area contributed by atoms with Crippen molar-refractivity contribution in [3.05, 3.63) is 46.7 Å². The molecule has 0 unspecified atom stereocenters. The van der Waals surface area contributed by atoms with Crippen molar-refractivity contribution in [2.24, 2.45) is 0 Å². The van der Waals surface area contributed by atoms with E-state index in [2.05, 4.69) is 15.0 Å². The molecule has 1 heterocycles. The first kappa shape index (κ1) is 14.9. The van der Waals surface area contributed by atoms with Gasteiger partial charge in [0.2, 0.25) is 0 Å². The van der Waals surface area contributed by atoms with Crippen molar-refractivity contribution in [1.29, 1.82) is 0 Å². The van der Waals surface area contributed by atoms with Gasteiger partial charge in [-0.25, -0.2) is 8.42 Å². The highest BCUT2D eigenvalue weighted by atomic mass is 35.5. The molecule has 0 aliphatic heterocycles. The van der Waals surface area contributed by atoms with Gasteiger partial charge in [0.25, 0.3) is 10.0 Å². The molecule has 0 amide bonds. The van der Waals surface area contributed by atoms with Crippen LogP contribution in [-0.4, -0.2) is 20.4 Å². The molecule has 2 aromatic rings. The lowest BCUT2D eigenvalue weighted by molar-refractivity contribution is 0.601. The lowest BCUT2D eigenvalue weighted by Gasteiger charge is -2.12. The first-order chi connectivity index (χ1) is 9.44. The van der Waals surface area contributed by atoms with Gasteiger partial charge in [-0.3, -0.25) is 9.71 Å². The summed E-state index contributed by atoms with van der Waals surface area (Å²) in [4.78, 5) is 3.85. The molecule has 0 spiro atoms. The smallest absolute Gasteiger partial charge is 0.265 e. The molecule has 0 saturated carbocycles. The van der Waals surface area contributed by atoms with Crippen LogP contribution in [0, 0.1) is 0 Å². The first-order valence-corrected chi connectivity index (χ1v) is 7.77. The van der Waals surface area contributed by atoms with Crippen molar-refractivity contribution in [3.63, 3.8) is 0 Å². The molecular weight excluding hydrogens is 321 g/mol. The molecule has 0 aliphatic rings. The van der Waals surface area contributed by atoms with Crippen molar-refractivity contribution < 1.29 is 8.42 Å². The standard InChI is InChI=1S/C12H11Cl2N3O2S/c1-15-10-4-5-16-7-12(10)20(18,19)17-11-6-8(13)2-3-9(11)14/h2-7,17H,1H3,(H,15,16). The molecule has 1 aromatic carbocycles. The third kappa shape index (κ3) is 3.15. The fraction of sp³-hybridized carbons (Fsp3) is 0.0833. The number of nitrogens with one attached hydrogen (secondary N) is 2. The molecule has 0 saturated heterocycles. The topological polar surface area (TPSA) is 71.1 Å². The Morgan fingerprint density at radius 1 is 1.15 bits per heavy atom. The number of nitrogens with zero attached hydrogens (tertiary/aromatic N) is 1. The molecule has 2 rings (SSSR count). The quantitative estimate of drug-likeness (QED) is 0.902. The Kier molecular flexibility index (Phi) is 4.37. The van der Waals surface area contributed by atoms with Gasteiger partial charge in [-0.05, 0) is 24.3 Å². The van der Waals surface area contributed by atoms with Crippen molar-refractivity contribution in [2.75, 3.05) is 17.1 Å². The van der Waals surface area contributed by atoms with E-state index < -0.39 is 10.0 Å². The molecule has 0 aliphatic carbocycles. The van der Waals surface area contributed by atoms with Gasteiger partial charge in [-0.2, -0.15) is 0 Å². The molecule has 2 N–H and O–H groups in total. The number of halogens is 2. The predicted octanol–water partition coefficient (Wildman–Crippen LogP) is 3.23. The van der Waals surface area contributed by atoms with Gasteiger partial charge in [0, 0.05) is 24.5 Å². The van der Waals surface area contributed by atoms with Gasteiger partial charge in [0.05, 0.1) is 16.4 Å². The predicted molar refractivity (Wildman–Crippen MR) is 81.1 cm³/mol. The normalized spacial score (nSPS) is 11.2. The minimum Gasteiger partial charge on any atom is -0.387 e. The van der Waals surface area contributed by atoms with Gasteiger partial charge in [-0.15, -0.1) is 0 Å². The minimum atomic E-state index is -3.81. The molecule has 20 heavy (non-hydrogen) atoms. The van der Waals surface area contributed by atoms with Gasteiger partial charge in [0.15, 0.2) is 0 Å². The van der Waals surface area contributed by atoms with Crippen molar-refractivity contribution in [1.82, 2.24) is 4.98 Å². The molecule has 0 atom stereocenters. The number of hydrogen-bond donors (Lipinski definition) is 2. The van der Waals surface area contributed by atoms with Crippen molar-refractivity contribution in [3.8, 4) is 0 Å². The Hall–Kier alpha value is -1.50. The summed E-state index contributed by atoms with van der Waals surface area (Å²) in [6.45, 7) is 0. The van der Waals surface area contributed by atoms with E-state index in [1.54, 1.807) is 19.2 Å². The Balaban J connectivity index is 2.43. The van der Waals surface area contributed by atoms with Crippen LogP contribution in [0.5, 0.6) is 0 Å². The summed E-state index contributed by atoms with van der Waals surface area (Å²) in [6.07, 6.45) is 2.75. The Bertz CT molecular complexity index is 735. The maximum Gasteiger partial charge on any atom is 0.265 e. The highest BCUT2D eigenvalue weighted by Gasteiger charge is 2.19. The molecule has 106 valence electrons. The van der Waals surface area contributed by atoms with Crippen LogP contribution in [0.15, 0.2) is 41.6 Å². The Labute approximate surface area is 127 Å². The Morgan fingerprint density at radius 3 is 2.60 bits per heavy atom. The van der Waals surface area contributed by atoms with E-state index in [1.807, 2.05) is 0 Å². The number of sulfonamides is 1. The molecular formula is C12H11Cl2N3O2S. The summed E-state index contributed by atoms with van der Waals surface area (Å²) in [5.74, 6) is 0. The van der Waals surface area contributed by atoms with E-state index in [-0.39, 0.29) is 15.6 Å². The largest absolute Gasteiger partial charge is 0.387 e. The molecule has 0 radical (unpaired) electrons. The lowest BCUT2D eigenvalue weighted by Crippen LogP contribution is -2.15. The van der Waals surface area contributed by atoms with E-state index in [4.69, 9.17) is 23.2 Å². The monoisotopic (exact) mass is 331 g/mol. The van der Waals surface area contributed by atoms with E-state index in [0.717, 1.165) is 0 Å². The summed E-state index contributed by atoms with van der Waals surface area (Å²) in [7, 11) is -2.19. The number of anilines is 2. The second-order valence-corrected chi connectivity index (χ2v) is 6.35. The summed E-state index contributed by atoms with van der Waals surface area (Å²) in [6, 6.07) is 6.10. The molecule has 5 nitrogen and oxygen atoms in total. The fourth-order valence-electron chi connectivity index (χ4n) is 1.58. The number of hydrogen-bond acceptors (Lipinski definition) is 4. The second kappa shape index (κ2) is 5.87. The van der Waals surface area contributed by atoms with E-state index >= 15 is 0 Å². The summed E-state index contributed by atoms with van der Waals surface area (Å²) in [5.41, 5.74) is 0.649. The van der Waals surface area contributed by atoms with Crippen molar-refractivity contribution >= 4 is 44.6 Å². The maximum absolute atomic E-state index is 12.4. The molecule has 8 heteroatoms. The number of rotatable bonds is 4. The van der Waals surface area contributed by atoms with Crippen LogP contribution in [0.3, 0.4) is 0 Å². The van der Waals surface area contributed by atoms with Gasteiger partial charge < -0.3 is 5.32 Å². The number of benzene rings is 1. The van der Waals surface area contributed by atoms with Crippen LogP contribution in [0.25, 0.3) is 0 Å².